The molecule has 32 heavy (non-hydrogen) atoms. The van der Waals surface area contributed by atoms with E-state index in [2.05, 4.69) is 20.4 Å². The van der Waals surface area contributed by atoms with Crippen molar-refractivity contribution < 1.29 is 9.47 Å². The molecule has 0 amide bonds. The van der Waals surface area contributed by atoms with E-state index in [4.69, 9.17) is 14.5 Å². The second-order valence-corrected chi connectivity index (χ2v) is 7.15. The Hall–Kier alpha value is -2.82. The van der Waals surface area contributed by atoms with Gasteiger partial charge in [0.1, 0.15) is 23.9 Å². The highest BCUT2D eigenvalue weighted by atomic mass is 127. The molecule has 3 aromatic rings. The molecule has 0 radical (unpaired) electrons. The fourth-order valence-electron chi connectivity index (χ4n) is 2.89. The van der Waals surface area contributed by atoms with Gasteiger partial charge in [-0.3, -0.25) is 0 Å². The van der Waals surface area contributed by atoms with Crippen LogP contribution in [0.15, 0.2) is 59.6 Å². The Labute approximate surface area is 206 Å². The highest BCUT2D eigenvalue weighted by Crippen LogP contribution is 2.12. The van der Waals surface area contributed by atoms with Gasteiger partial charge in [-0.05, 0) is 36.8 Å². The molecule has 0 bridgehead atoms. The third-order valence-corrected chi connectivity index (χ3v) is 4.96. The van der Waals surface area contributed by atoms with Crippen LogP contribution in [0.2, 0.25) is 0 Å². The van der Waals surface area contributed by atoms with Crippen molar-refractivity contribution in [1.29, 1.82) is 0 Å². The van der Waals surface area contributed by atoms with E-state index in [1.807, 2.05) is 80.2 Å². The number of nitrogens with one attached hydrogen (secondary N) is 1. The van der Waals surface area contributed by atoms with Crippen molar-refractivity contribution >= 4 is 29.9 Å². The summed E-state index contributed by atoms with van der Waals surface area (Å²) in [4.78, 5) is 6.86. The minimum Gasteiger partial charge on any atom is -0.497 e. The zero-order valence-electron chi connectivity index (χ0n) is 19.0. The van der Waals surface area contributed by atoms with Crippen LogP contribution in [-0.2, 0) is 20.1 Å². The van der Waals surface area contributed by atoms with Crippen molar-refractivity contribution in [3.63, 3.8) is 0 Å². The van der Waals surface area contributed by atoms with E-state index in [9.17, 15) is 0 Å². The summed E-state index contributed by atoms with van der Waals surface area (Å²) in [5, 5.41) is 11.7. The summed E-state index contributed by atoms with van der Waals surface area (Å²) in [6.45, 7) is 4.24. The Morgan fingerprint density at radius 3 is 2.41 bits per heavy atom. The third kappa shape index (κ3) is 7.40. The van der Waals surface area contributed by atoms with E-state index < -0.39 is 0 Å². The lowest BCUT2D eigenvalue weighted by Crippen LogP contribution is -2.41. The quantitative estimate of drug-likeness (QED) is 0.250. The number of para-hydroxylation sites is 1. The lowest BCUT2D eigenvalue weighted by molar-refractivity contribution is 0.281. The number of hydrogen-bond donors (Lipinski definition) is 1. The fraction of sp³-hybridized carbons (Fsp3) is 0.348. The Kier molecular flexibility index (Phi) is 10.3. The topological polar surface area (TPSA) is 76.8 Å². The lowest BCUT2D eigenvalue weighted by Gasteiger charge is -2.22. The van der Waals surface area contributed by atoms with Crippen LogP contribution >= 0.6 is 24.0 Å². The second kappa shape index (κ2) is 12.9. The summed E-state index contributed by atoms with van der Waals surface area (Å²) < 4.78 is 13.0. The number of aryl methyl sites for hydroxylation is 1. The molecule has 8 nitrogen and oxygen atoms in total. The van der Waals surface area contributed by atoms with E-state index >= 15 is 0 Å². The van der Waals surface area contributed by atoms with Crippen molar-refractivity contribution in [2.24, 2.45) is 12.0 Å². The maximum absolute atomic E-state index is 5.84. The molecule has 3 rings (SSSR count). The van der Waals surface area contributed by atoms with E-state index in [1.54, 1.807) is 7.11 Å². The smallest absolute Gasteiger partial charge is 0.194 e. The molecular formula is C23H31IN6O2. The number of methoxy groups -OCH3 is 1. The molecule has 0 aliphatic heterocycles. The number of halogens is 1. The number of likely N-dealkylation sites (N-methyl/N-ethyl adjacent to an activating group) is 1. The SMILES string of the molecule is COc1ccc(CN=C(NCc2nnc(C)n2C)N(C)CCOc2ccccc2)cc1.I. The van der Waals surface area contributed by atoms with Crippen LogP contribution in [0.4, 0.5) is 0 Å². The maximum atomic E-state index is 5.84. The van der Waals surface area contributed by atoms with Gasteiger partial charge in [-0.25, -0.2) is 4.99 Å². The highest BCUT2D eigenvalue weighted by Gasteiger charge is 2.10. The number of aromatic nitrogens is 3. The number of hydrogen-bond acceptors (Lipinski definition) is 5. The van der Waals surface area contributed by atoms with Crippen LogP contribution in [-0.4, -0.2) is 52.9 Å². The van der Waals surface area contributed by atoms with Gasteiger partial charge < -0.3 is 24.3 Å². The van der Waals surface area contributed by atoms with Gasteiger partial charge in [0.2, 0.25) is 0 Å². The fourth-order valence-corrected chi connectivity index (χ4v) is 2.89. The molecule has 0 fully saturated rings. The van der Waals surface area contributed by atoms with Crippen LogP contribution in [0.25, 0.3) is 0 Å². The minimum absolute atomic E-state index is 0. The molecule has 0 saturated carbocycles. The summed E-state index contributed by atoms with van der Waals surface area (Å²) in [6, 6.07) is 17.7. The number of aliphatic imine (C=N–C) groups is 1. The Balaban J connectivity index is 0.00000363. The first-order valence-corrected chi connectivity index (χ1v) is 10.2. The predicted octanol–water partition coefficient (Wildman–Crippen LogP) is 3.41. The zero-order chi connectivity index (χ0) is 22.1. The first-order chi connectivity index (χ1) is 15.1. The van der Waals surface area contributed by atoms with Gasteiger partial charge in [-0.15, -0.1) is 34.2 Å². The molecule has 1 N–H and O–H groups in total. The molecule has 0 atom stereocenters. The molecule has 2 aromatic carbocycles. The van der Waals surface area contributed by atoms with E-state index in [-0.39, 0.29) is 24.0 Å². The second-order valence-electron chi connectivity index (χ2n) is 7.15. The summed E-state index contributed by atoms with van der Waals surface area (Å²) in [7, 11) is 5.61. The molecule has 172 valence electrons. The number of ether oxygens (including phenoxy) is 2. The van der Waals surface area contributed by atoms with Gasteiger partial charge in [0.25, 0.3) is 0 Å². The summed E-state index contributed by atoms with van der Waals surface area (Å²) in [5.41, 5.74) is 1.10. The van der Waals surface area contributed by atoms with Crippen LogP contribution in [0.1, 0.15) is 17.2 Å². The lowest BCUT2D eigenvalue weighted by atomic mass is 10.2. The normalized spacial score (nSPS) is 10.9. The highest BCUT2D eigenvalue weighted by molar-refractivity contribution is 14.0. The molecule has 0 spiro atoms. The van der Waals surface area contributed by atoms with Gasteiger partial charge in [-0.1, -0.05) is 30.3 Å². The van der Waals surface area contributed by atoms with Crippen LogP contribution in [0, 0.1) is 6.92 Å². The van der Waals surface area contributed by atoms with Crippen LogP contribution in [0.3, 0.4) is 0 Å². The average molecular weight is 550 g/mol. The Bertz CT molecular complexity index is 976. The monoisotopic (exact) mass is 550 g/mol. The van der Waals surface area contributed by atoms with Gasteiger partial charge in [-0.2, -0.15) is 0 Å². The van der Waals surface area contributed by atoms with Crippen molar-refractivity contribution in [3.05, 3.63) is 71.8 Å². The Morgan fingerprint density at radius 1 is 1.06 bits per heavy atom. The molecular weight excluding hydrogens is 519 g/mol. The molecule has 0 aliphatic carbocycles. The van der Waals surface area contributed by atoms with Crippen LogP contribution < -0.4 is 14.8 Å². The van der Waals surface area contributed by atoms with E-state index in [1.165, 1.54) is 0 Å². The molecule has 0 unspecified atom stereocenters. The predicted molar refractivity (Wildman–Crippen MR) is 137 cm³/mol. The van der Waals surface area contributed by atoms with Crippen molar-refractivity contribution in [1.82, 2.24) is 25.0 Å². The molecule has 0 aliphatic rings. The van der Waals surface area contributed by atoms with E-state index in [0.29, 0.717) is 26.2 Å². The van der Waals surface area contributed by atoms with Gasteiger partial charge >= 0.3 is 0 Å². The molecule has 1 heterocycles. The Morgan fingerprint density at radius 2 is 1.78 bits per heavy atom. The maximum Gasteiger partial charge on any atom is 0.194 e. The number of benzene rings is 2. The summed E-state index contributed by atoms with van der Waals surface area (Å²) in [5.74, 6) is 4.18. The molecule has 9 heteroatoms. The summed E-state index contributed by atoms with van der Waals surface area (Å²) >= 11 is 0. The van der Waals surface area contributed by atoms with E-state index in [0.717, 1.165) is 34.7 Å². The first-order valence-electron chi connectivity index (χ1n) is 10.2. The third-order valence-electron chi connectivity index (χ3n) is 4.96. The number of nitrogens with zero attached hydrogens (tertiary/aromatic N) is 5. The largest absolute Gasteiger partial charge is 0.497 e. The zero-order valence-corrected chi connectivity index (χ0v) is 21.3. The van der Waals surface area contributed by atoms with Gasteiger partial charge in [0.05, 0.1) is 26.7 Å². The van der Waals surface area contributed by atoms with Crippen molar-refractivity contribution in [2.75, 3.05) is 27.3 Å². The van der Waals surface area contributed by atoms with Crippen molar-refractivity contribution in [2.45, 2.75) is 20.0 Å². The molecule has 0 saturated heterocycles. The average Bonchev–Trinajstić information content (AvgIpc) is 3.12. The minimum atomic E-state index is 0. The number of rotatable bonds is 9. The van der Waals surface area contributed by atoms with Crippen molar-refractivity contribution in [3.8, 4) is 11.5 Å². The van der Waals surface area contributed by atoms with Gasteiger partial charge in [0, 0.05) is 14.1 Å². The first kappa shape index (κ1) is 25.4. The van der Waals surface area contributed by atoms with Gasteiger partial charge in [0.15, 0.2) is 11.8 Å². The van der Waals surface area contributed by atoms with Crippen LogP contribution in [0.5, 0.6) is 11.5 Å². The molecule has 1 aromatic heterocycles. The number of guanidine groups is 1. The standard InChI is InChI=1S/C23H30N6O2.HI/c1-18-26-27-22(29(18)3)17-25-23(24-16-19-10-12-20(30-4)13-11-19)28(2)14-15-31-21-8-6-5-7-9-21;/h5-13H,14-17H2,1-4H3,(H,24,25);1H. The summed E-state index contributed by atoms with van der Waals surface area (Å²) in [6.07, 6.45) is 0.